The first kappa shape index (κ1) is 9.92. The van der Waals surface area contributed by atoms with Crippen LogP contribution in [0.25, 0.3) is 0 Å². The second kappa shape index (κ2) is 4.27. The Labute approximate surface area is 87.1 Å². The molecule has 0 aliphatic carbocycles. The van der Waals surface area contributed by atoms with Crippen LogP contribution >= 0.6 is 0 Å². The fourth-order valence-electron chi connectivity index (χ4n) is 1.56. The zero-order chi connectivity index (χ0) is 10.7. The molecule has 2 rings (SSSR count). The monoisotopic (exact) mass is 208 g/mol. The molecule has 0 aromatic carbocycles. The number of pyridine rings is 1. The van der Waals surface area contributed by atoms with Crippen LogP contribution in [0.1, 0.15) is 16.8 Å². The van der Waals surface area contributed by atoms with E-state index in [1.807, 2.05) is 0 Å². The molecule has 1 aromatic heterocycles. The minimum Gasteiger partial charge on any atom is -0.478 e. The van der Waals surface area contributed by atoms with Gasteiger partial charge in [-0.2, -0.15) is 0 Å². The molecule has 80 valence electrons. The average molecular weight is 208 g/mol. The lowest BCUT2D eigenvalue weighted by Gasteiger charge is -2.13. The minimum absolute atomic E-state index is 0.199. The van der Waals surface area contributed by atoms with E-state index >= 15 is 0 Å². The van der Waals surface area contributed by atoms with Gasteiger partial charge in [-0.15, -0.1) is 0 Å². The number of rotatable bonds is 3. The second-order valence-corrected chi connectivity index (χ2v) is 3.43. The largest absolute Gasteiger partial charge is 0.478 e. The molecule has 1 aliphatic rings. The molecule has 1 atom stereocenters. The molecule has 2 N–H and O–H groups in total. The normalized spacial score (nSPS) is 20.1. The number of ether oxygens (including phenoxy) is 1. The third kappa shape index (κ3) is 2.24. The van der Waals surface area contributed by atoms with Crippen molar-refractivity contribution in [2.75, 3.05) is 18.5 Å². The summed E-state index contributed by atoms with van der Waals surface area (Å²) < 4.78 is 5.20. The Kier molecular flexibility index (Phi) is 2.82. The summed E-state index contributed by atoms with van der Waals surface area (Å²) in [6.45, 7) is 1.35. The summed E-state index contributed by atoms with van der Waals surface area (Å²) in [5.74, 6) is -0.968. The second-order valence-electron chi connectivity index (χ2n) is 3.43. The standard InChI is InChI=1S/C10H12N2O3/c13-10(14)8-5-11-3-1-9(8)12-7-2-4-15-6-7/h1,3,5,7H,2,4,6H2,(H,11,12)(H,13,14). The Bertz CT molecular complexity index is 361. The molecule has 15 heavy (non-hydrogen) atoms. The highest BCUT2D eigenvalue weighted by molar-refractivity contribution is 5.93. The molecule has 5 nitrogen and oxygen atoms in total. The van der Waals surface area contributed by atoms with Crippen LogP contribution in [0.15, 0.2) is 18.5 Å². The number of aromatic carboxylic acids is 1. The maximum Gasteiger partial charge on any atom is 0.339 e. The summed E-state index contributed by atoms with van der Waals surface area (Å²) in [6.07, 6.45) is 3.83. The van der Waals surface area contributed by atoms with E-state index in [2.05, 4.69) is 10.3 Å². The smallest absolute Gasteiger partial charge is 0.339 e. The quantitative estimate of drug-likeness (QED) is 0.774. The van der Waals surface area contributed by atoms with Crippen molar-refractivity contribution in [2.24, 2.45) is 0 Å². The van der Waals surface area contributed by atoms with Crippen molar-refractivity contribution in [3.63, 3.8) is 0 Å². The molecule has 0 saturated carbocycles. The van der Waals surface area contributed by atoms with Gasteiger partial charge in [0, 0.05) is 19.0 Å². The average Bonchev–Trinajstić information content (AvgIpc) is 2.71. The van der Waals surface area contributed by atoms with Gasteiger partial charge in [0.1, 0.15) is 5.56 Å². The van der Waals surface area contributed by atoms with Gasteiger partial charge in [0.05, 0.1) is 18.3 Å². The Morgan fingerprint density at radius 3 is 3.20 bits per heavy atom. The molecule has 1 saturated heterocycles. The van der Waals surface area contributed by atoms with E-state index in [4.69, 9.17) is 9.84 Å². The van der Waals surface area contributed by atoms with Crippen molar-refractivity contribution in [3.05, 3.63) is 24.0 Å². The summed E-state index contributed by atoms with van der Waals surface area (Å²) in [5, 5.41) is 12.1. The minimum atomic E-state index is -0.968. The van der Waals surface area contributed by atoms with Crippen molar-refractivity contribution >= 4 is 11.7 Å². The maximum atomic E-state index is 10.9. The number of aromatic nitrogens is 1. The van der Waals surface area contributed by atoms with Gasteiger partial charge in [-0.05, 0) is 12.5 Å². The van der Waals surface area contributed by atoms with Gasteiger partial charge in [-0.1, -0.05) is 0 Å². The van der Waals surface area contributed by atoms with Gasteiger partial charge in [-0.25, -0.2) is 4.79 Å². The molecule has 5 heteroatoms. The first-order chi connectivity index (χ1) is 7.27. The molecule has 2 heterocycles. The summed E-state index contributed by atoms with van der Waals surface area (Å²) >= 11 is 0. The number of carbonyl (C=O) groups is 1. The lowest BCUT2D eigenvalue weighted by molar-refractivity contribution is 0.0697. The third-order valence-corrected chi connectivity index (χ3v) is 2.34. The van der Waals surface area contributed by atoms with Gasteiger partial charge >= 0.3 is 5.97 Å². The van der Waals surface area contributed by atoms with E-state index in [1.54, 1.807) is 12.3 Å². The lowest BCUT2D eigenvalue weighted by Crippen LogP contribution is -2.20. The first-order valence-electron chi connectivity index (χ1n) is 4.79. The third-order valence-electron chi connectivity index (χ3n) is 2.34. The molecular weight excluding hydrogens is 196 g/mol. The summed E-state index contributed by atoms with van der Waals surface area (Å²) in [6, 6.07) is 1.87. The predicted octanol–water partition coefficient (Wildman–Crippen LogP) is 0.981. The van der Waals surface area contributed by atoms with E-state index in [1.165, 1.54) is 6.20 Å². The van der Waals surface area contributed by atoms with E-state index in [0.29, 0.717) is 12.3 Å². The van der Waals surface area contributed by atoms with Crippen molar-refractivity contribution in [1.82, 2.24) is 4.98 Å². The molecule has 0 bridgehead atoms. The summed E-state index contributed by atoms with van der Waals surface area (Å²) in [7, 11) is 0. The fourth-order valence-corrected chi connectivity index (χ4v) is 1.56. The van der Waals surface area contributed by atoms with Crippen LogP contribution in [-0.2, 0) is 4.74 Å². The first-order valence-corrected chi connectivity index (χ1v) is 4.79. The maximum absolute atomic E-state index is 10.9. The highest BCUT2D eigenvalue weighted by Gasteiger charge is 2.18. The summed E-state index contributed by atoms with van der Waals surface area (Å²) in [5.41, 5.74) is 0.803. The number of carboxylic acids is 1. The van der Waals surface area contributed by atoms with Gasteiger partial charge in [0.15, 0.2) is 0 Å². The Hall–Kier alpha value is -1.62. The molecular formula is C10H12N2O3. The van der Waals surface area contributed by atoms with E-state index in [9.17, 15) is 4.79 Å². The van der Waals surface area contributed by atoms with Crippen molar-refractivity contribution < 1.29 is 14.6 Å². The van der Waals surface area contributed by atoms with E-state index in [-0.39, 0.29) is 11.6 Å². The van der Waals surface area contributed by atoms with Gasteiger partial charge in [0.25, 0.3) is 0 Å². The lowest BCUT2D eigenvalue weighted by atomic mass is 10.2. The predicted molar refractivity (Wildman–Crippen MR) is 54.0 cm³/mol. The van der Waals surface area contributed by atoms with Crippen LogP contribution in [0.2, 0.25) is 0 Å². The topological polar surface area (TPSA) is 71.5 Å². The molecule has 1 aliphatic heterocycles. The zero-order valence-corrected chi connectivity index (χ0v) is 8.14. The van der Waals surface area contributed by atoms with Crippen molar-refractivity contribution in [1.29, 1.82) is 0 Å². The Morgan fingerprint density at radius 1 is 1.67 bits per heavy atom. The van der Waals surface area contributed by atoms with Crippen LogP contribution < -0.4 is 5.32 Å². The van der Waals surface area contributed by atoms with E-state index in [0.717, 1.165) is 13.0 Å². The zero-order valence-electron chi connectivity index (χ0n) is 8.14. The van der Waals surface area contributed by atoms with Crippen molar-refractivity contribution in [2.45, 2.75) is 12.5 Å². The van der Waals surface area contributed by atoms with Gasteiger partial charge in [0.2, 0.25) is 0 Å². The van der Waals surface area contributed by atoms with Gasteiger partial charge < -0.3 is 15.2 Å². The number of nitrogens with one attached hydrogen (secondary N) is 1. The molecule has 0 radical (unpaired) electrons. The number of nitrogens with zero attached hydrogens (tertiary/aromatic N) is 1. The molecule has 0 spiro atoms. The number of hydrogen-bond acceptors (Lipinski definition) is 4. The van der Waals surface area contributed by atoms with Crippen LogP contribution in [0.4, 0.5) is 5.69 Å². The Morgan fingerprint density at radius 2 is 2.53 bits per heavy atom. The van der Waals surface area contributed by atoms with Crippen LogP contribution in [0.5, 0.6) is 0 Å². The number of hydrogen-bond donors (Lipinski definition) is 2. The van der Waals surface area contributed by atoms with Crippen LogP contribution in [-0.4, -0.2) is 35.3 Å². The highest BCUT2D eigenvalue weighted by Crippen LogP contribution is 2.17. The van der Waals surface area contributed by atoms with Crippen LogP contribution in [0.3, 0.4) is 0 Å². The van der Waals surface area contributed by atoms with E-state index < -0.39 is 5.97 Å². The SMILES string of the molecule is O=C(O)c1cnccc1NC1CCOC1. The van der Waals surface area contributed by atoms with Crippen molar-refractivity contribution in [3.8, 4) is 0 Å². The highest BCUT2D eigenvalue weighted by atomic mass is 16.5. The Balaban J connectivity index is 2.15. The summed E-state index contributed by atoms with van der Waals surface area (Å²) in [4.78, 5) is 14.7. The molecule has 1 aromatic rings. The number of anilines is 1. The fraction of sp³-hybridized carbons (Fsp3) is 0.400. The molecule has 1 fully saturated rings. The van der Waals surface area contributed by atoms with Crippen LogP contribution in [0, 0.1) is 0 Å². The molecule has 0 amide bonds. The van der Waals surface area contributed by atoms with Gasteiger partial charge in [-0.3, -0.25) is 4.98 Å². The number of carboxylic acid groups (broad SMARTS) is 1. The molecule has 1 unspecified atom stereocenters.